The molecule has 2 rings (SSSR count). The normalized spacial score (nSPS) is 11.7. The number of nitrogens with one attached hydrogen (secondary N) is 2. The lowest BCUT2D eigenvalue weighted by Gasteiger charge is -2.06. The van der Waals surface area contributed by atoms with Gasteiger partial charge in [-0.1, -0.05) is 18.2 Å². The molecule has 1 aromatic heterocycles. The smallest absolute Gasteiger partial charge is 0.243 e. The number of methoxy groups -OCH3 is 1. The van der Waals surface area contributed by atoms with Gasteiger partial charge >= 0.3 is 0 Å². The van der Waals surface area contributed by atoms with E-state index in [1.807, 2.05) is 30.3 Å². The van der Waals surface area contributed by atoms with Gasteiger partial charge in [0.05, 0.1) is 24.7 Å². The fraction of sp³-hybridized carbons (Fsp3) is 0.357. The van der Waals surface area contributed by atoms with Crippen LogP contribution in [0.25, 0.3) is 5.69 Å². The van der Waals surface area contributed by atoms with Crippen molar-refractivity contribution in [3.8, 4) is 5.69 Å². The third-order valence-electron chi connectivity index (χ3n) is 2.97. The largest absolute Gasteiger partial charge is 0.383 e. The minimum Gasteiger partial charge on any atom is -0.383 e. The van der Waals surface area contributed by atoms with Crippen LogP contribution < -0.4 is 10.0 Å². The van der Waals surface area contributed by atoms with Gasteiger partial charge in [0.15, 0.2) is 0 Å². The molecule has 7 nitrogen and oxygen atoms in total. The molecule has 8 heteroatoms. The van der Waals surface area contributed by atoms with Crippen LogP contribution in [0, 0.1) is 0 Å². The van der Waals surface area contributed by atoms with Crippen molar-refractivity contribution < 1.29 is 13.2 Å². The summed E-state index contributed by atoms with van der Waals surface area (Å²) in [5.74, 6) is 0. The van der Waals surface area contributed by atoms with Gasteiger partial charge in [0.25, 0.3) is 0 Å². The Hall–Kier alpha value is -1.74. The van der Waals surface area contributed by atoms with Crippen LogP contribution in [0.1, 0.15) is 0 Å². The molecule has 0 unspecified atom stereocenters. The highest BCUT2D eigenvalue weighted by Crippen LogP contribution is 2.11. The van der Waals surface area contributed by atoms with E-state index in [-0.39, 0.29) is 4.90 Å². The first-order valence-corrected chi connectivity index (χ1v) is 8.41. The fourth-order valence-electron chi connectivity index (χ4n) is 1.82. The number of benzene rings is 1. The second-order valence-corrected chi connectivity index (χ2v) is 6.36. The molecule has 0 fully saturated rings. The first-order valence-electron chi connectivity index (χ1n) is 6.93. The Labute approximate surface area is 130 Å². The Bertz CT molecular complexity index is 670. The molecule has 1 aromatic carbocycles. The van der Waals surface area contributed by atoms with Crippen molar-refractivity contribution in [3.05, 3.63) is 42.7 Å². The maximum Gasteiger partial charge on any atom is 0.243 e. The summed E-state index contributed by atoms with van der Waals surface area (Å²) in [5, 5.41) is 7.16. The lowest BCUT2D eigenvalue weighted by atomic mass is 10.3. The zero-order chi connectivity index (χ0) is 15.8. The number of hydrogen-bond acceptors (Lipinski definition) is 5. The van der Waals surface area contributed by atoms with E-state index in [2.05, 4.69) is 15.1 Å². The molecule has 0 saturated heterocycles. The van der Waals surface area contributed by atoms with Gasteiger partial charge in [-0.25, -0.2) is 17.8 Å². The monoisotopic (exact) mass is 324 g/mol. The van der Waals surface area contributed by atoms with Crippen LogP contribution >= 0.6 is 0 Å². The number of ether oxygens (including phenoxy) is 1. The molecule has 120 valence electrons. The third-order valence-corrected chi connectivity index (χ3v) is 4.38. The predicted molar refractivity (Wildman–Crippen MR) is 83.5 cm³/mol. The first kappa shape index (κ1) is 16.6. The minimum absolute atomic E-state index is 0.147. The van der Waals surface area contributed by atoms with Crippen LogP contribution in [0.15, 0.2) is 47.6 Å². The van der Waals surface area contributed by atoms with E-state index in [1.165, 1.54) is 17.1 Å². The summed E-state index contributed by atoms with van der Waals surface area (Å²) >= 11 is 0. The van der Waals surface area contributed by atoms with Gasteiger partial charge in [-0.2, -0.15) is 5.10 Å². The SMILES string of the molecule is COCCNCCNS(=O)(=O)c1cnn(-c2ccccc2)c1. The summed E-state index contributed by atoms with van der Waals surface area (Å²) in [5.41, 5.74) is 0.810. The Balaban J connectivity index is 1.92. The molecule has 0 bridgehead atoms. The molecule has 0 atom stereocenters. The molecule has 0 aliphatic carbocycles. The van der Waals surface area contributed by atoms with E-state index in [1.54, 1.807) is 7.11 Å². The van der Waals surface area contributed by atoms with Crippen molar-refractivity contribution in [2.24, 2.45) is 0 Å². The topological polar surface area (TPSA) is 85.2 Å². The number of rotatable bonds is 9. The maximum absolute atomic E-state index is 12.1. The summed E-state index contributed by atoms with van der Waals surface area (Å²) in [6, 6.07) is 9.35. The summed E-state index contributed by atoms with van der Waals surface area (Å²) in [6.07, 6.45) is 2.84. The molecule has 2 aromatic rings. The average molecular weight is 324 g/mol. The second-order valence-electron chi connectivity index (χ2n) is 4.60. The molecule has 0 aliphatic heterocycles. The fourth-order valence-corrected chi connectivity index (χ4v) is 2.79. The highest BCUT2D eigenvalue weighted by Gasteiger charge is 2.16. The molecular formula is C14H20N4O3S. The molecular weight excluding hydrogens is 304 g/mol. The van der Waals surface area contributed by atoms with Gasteiger partial charge < -0.3 is 10.1 Å². The molecule has 0 radical (unpaired) electrons. The minimum atomic E-state index is -3.54. The third kappa shape index (κ3) is 4.63. The molecule has 0 spiro atoms. The Kier molecular flexibility index (Phi) is 6.08. The molecule has 2 N–H and O–H groups in total. The molecule has 0 amide bonds. The van der Waals surface area contributed by atoms with Crippen molar-refractivity contribution in [3.63, 3.8) is 0 Å². The first-order chi connectivity index (χ1) is 10.6. The molecule has 22 heavy (non-hydrogen) atoms. The summed E-state index contributed by atoms with van der Waals surface area (Å²) in [6.45, 7) is 2.12. The van der Waals surface area contributed by atoms with Crippen molar-refractivity contribution in [1.29, 1.82) is 0 Å². The van der Waals surface area contributed by atoms with E-state index < -0.39 is 10.0 Å². The summed E-state index contributed by atoms with van der Waals surface area (Å²) in [4.78, 5) is 0.147. The van der Waals surface area contributed by atoms with Crippen LogP contribution in [0.2, 0.25) is 0 Å². The number of nitrogens with zero attached hydrogens (tertiary/aromatic N) is 2. The van der Waals surface area contributed by atoms with Gasteiger partial charge in [-0.05, 0) is 12.1 Å². The van der Waals surface area contributed by atoms with Crippen molar-refractivity contribution in [2.45, 2.75) is 4.90 Å². The van der Waals surface area contributed by atoms with E-state index in [0.717, 1.165) is 5.69 Å². The van der Waals surface area contributed by atoms with E-state index in [4.69, 9.17) is 4.74 Å². The number of para-hydroxylation sites is 1. The van der Waals surface area contributed by atoms with Gasteiger partial charge in [0.1, 0.15) is 4.90 Å². The molecule has 0 aliphatic rings. The lowest BCUT2D eigenvalue weighted by molar-refractivity contribution is 0.199. The lowest BCUT2D eigenvalue weighted by Crippen LogP contribution is -2.33. The van der Waals surface area contributed by atoms with Crippen molar-refractivity contribution >= 4 is 10.0 Å². The van der Waals surface area contributed by atoms with Crippen LogP contribution in [0.5, 0.6) is 0 Å². The summed E-state index contributed by atoms with van der Waals surface area (Å²) < 4.78 is 33.3. The Morgan fingerprint density at radius 1 is 1.18 bits per heavy atom. The van der Waals surface area contributed by atoms with Gasteiger partial charge in [-0.15, -0.1) is 0 Å². The van der Waals surface area contributed by atoms with Crippen LogP contribution in [0.4, 0.5) is 0 Å². The van der Waals surface area contributed by atoms with Gasteiger partial charge in [-0.3, -0.25) is 0 Å². The van der Waals surface area contributed by atoms with Crippen LogP contribution in [-0.2, 0) is 14.8 Å². The van der Waals surface area contributed by atoms with E-state index in [9.17, 15) is 8.42 Å². The van der Waals surface area contributed by atoms with Crippen molar-refractivity contribution in [2.75, 3.05) is 33.4 Å². The van der Waals surface area contributed by atoms with E-state index >= 15 is 0 Å². The zero-order valence-electron chi connectivity index (χ0n) is 12.4. The second kappa shape index (κ2) is 8.04. The standard InChI is InChI=1S/C14H20N4O3S/c1-21-10-9-15-7-8-17-22(19,20)14-11-16-18(12-14)13-5-3-2-4-6-13/h2-6,11-12,15,17H,7-10H2,1H3. The number of sulfonamides is 1. The van der Waals surface area contributed by atoms with E-state index in [0.29, 0.717) is 26.2 Å². The summed E-state index contributed by atoms with van der Waals surface area (Å²) in [7, 11) is -1.92. The highest BCUT2D eigenvalue weighted by molar-refractivity contribution is 7.89. The molecule has 0 saturated carbocycles. The zero-order valence-corrected chi connectivity index (χ0v) is 13.2. The van der Waals surface area contributed by atoms with Gasteiger partial charge in [0.2, 0.25) is 10.0 Å². The predicted octanol–water partition coefficient (Wildman–Crippen LogP) is 0.387. The van der Waals surface area contributed by atoms with Crippen LogP contribution in [-0.4, -0.2) is 51.5 Å². The average Bonchev–Trinajstić information content (AvgIpc) is 3.02. The maximum atomic E-state index is 12.1. The van der Waals surface area contributed by atoms with Crippen molar-refractivity contribution in [1.82, 2.24) is 19.8 Å². The number of hydrogen-bond donors (Lipinski definition) is 2. The van der Waals surface area contributed by atoms with Gasteiger partial charge in [0, 0.05) is 26.7 Å². The Morgan fingerprint density at radius 2 is 1.95 bits per heavy atom. The van der Waals surface area contributed by atoms with Crippen LogP contribution in [0.3, 0.4) is 0 Å². The molecule has 1 heterocycles. The number of aromatic nitrogens is 2. The quantitative estimate of drug-likeness (QED) is 0.652. The Morgan fingerprint density at radius 3 is 2.68 bits per heavy atom. The highest BCUT2D eigenvalue weighted by atomic mass is 32.2.